The molecule has 1 aromatic rings. The maximum Gasteiger partial charge on any atom is 0.0685 e. The van der Waals surface area contributed by atoms with E-state index in [9.17, 15) is 0 Å². The second-order valence-electron chi connectivity index (χ2n) is 6.38. The predicted molar refractivity (Wildman–Crippen MR) is 76.0 cm³/mol. The van der Waals surface area contributed by atoms with Crippen LogP contribution in [0.1, 0.15) is 43.0 Å². The van der Waals surface area contributed by atoms with Gasteiger partial charge in [0.25, 0.3) is 0 Å². The molecule has 0 radical (unpaired) electrons. The van der Waals surface area contributed by atoms with Crippen molar-refractivity contribution in [2.24, 2.45) is 11.3 Å². The standard InChI is InChI=1S/C15H23NOS/c1-9-5-6-12(18-9)10(2)16-13-11-7-8-17-14(11)15(13,3)4/h5-6,10-11,13-14,16H,7-8H2,1-4H3. The van der Waals surface area contributed by atoms with Crippen LogP contribution in [0.5, 0.6) is 0 Å². The van der Waals surface area contributed by atoms with Gasteiger partial charge in [0.05, 0.1) is 6.10 Å². The van der Waals surface area contributed by atoms with Gasteiger partial charge < -0.3 is 10.1 Å². The minimum Gasteiger partial charge on any atom is -0.377 e. The second-order valence-corrected chi connectivity index (χ2v) is 7.70. The quantitative estimate of drug-likeness (QED) is 0.903. The average molecular weight is 265 g/mol. The van der Waals surface area contributed by atoms with E-state index in [4.69, 9.17) is 4.74 Å². The molecule has 0 bridgehead atoms. The van der Waals surface area contributed by atoms with Gasteiger partial charge in [-0.15, -0.1) is 11.3 Å². The van der Waals surface area contributed by atoms with Crippen LogP contribution in [0, 0.1) is 18.3 Å². The van der Waals surface area contributed by atoms with Crippen LogP contribution in [-0.4, -0.2) is 18.8 Å². The first-order chi connectivity index (χ1) is 8.50. The molecule has 100 valence electrons. The van der Waals surface area contributed by atoms with Crippen molar-refractivity contribution in [1.29, 1.82) is 0 Å². The summed E-state index contributed by atoms with van der Waals surface area (Å²) in [5.74, 6) is 0.725. The van der Waals surface area contributed by atoms with E-state index >= 15 is 0 Å². The van der Waals surface area contributed by atoms with Crippen molar-refractivity contribution >= 4 is 11.3 Å². The molecule has 18 heavy (non-hydrogen) atoms. The monoisotopic (exact) mass is 265 g/mol. The molecular formula is C15H23NOS. The number of hydrogen-bond acceptors (Lipinski definition) is 3. The Morgan fingerprint density at radius 2 is 2.22 bits per heavy atom. The number of hydrogen-bond donors (Lipinski definition) is 1. The third-order valence-electron chi connectivity index (χ3n) is 4.72. The summed E-state index contributed by atoms with van der Waals surface area (Å²) < 4.78 is 5.85. The van der Waals surface area contributed by atoms with Crippen molar-refractivity contribution < 1.29 is 4.74 Å². The lowest BCUT2D eigenvalue weighted by molar-refractivity contribution is -0.115. The molecule has 4 atom stereocenters. The van der Waals surface area contributed by atoms with Crippen LogP contribution in [0.2, 0.25) is 0 Å². The van der Waals surface area contributed by atoms with Crippen molar-refractivity contribution in [3.63, 3.8) is 0 Å². The number of nitrogens with one attached hydrogen (secondary N) is 1. The van der Waals surface area contributed by atoms with E-state index in [1.54, 1.807) is 0 Å². The highest BCUT2D eigenvalue weighted by molar-refractivity contribution is 7.12. The lowest BCUT2D eigenvalue weighted by atomic mass is 9.57. The molecule has 2 fully saturated rings. The maximum atomic E-state index is 5.85. The molecule has 1 aliphatic carbocycles. The van der Waals surface area contributed by atoms with Gasteiger partial charge in [0.15, 0.2) is 0 Å². The summed E-state index contributed by atoms with van der Waals surface area (Å²) in [7, 11) is 0. The SMILES string of the molecule is Cc1ccc(C(C)NC2C3CCOC3C2(C)C)s1. The minimum atomic E-state index is 0.279. The first-order valence-corrected chi connectivity index (χ1v) is 7.76. The van der Waals surface area contributed by atoms with Gasteiger partial charge in [0.2, 0.25) is 0 Å². The van der Waals surface area contributed by atoms with E-state index in [1.807, 2.05) is 11.3 Å². The van der Waals surface area contributed by atoms with Crippen LogP contribution in [0.3, 0.4) is 0 Å². The van der Waals surface area contributed by atoms with Crippen LogP contribution >= 0.6 is 11.3 Å². The first-order valence-electron chi connectivity index (χ1n) is 6.94. The zero-order valence-electron chi connectivity index (χ0n) is 11.7. The van der Waals surface area contributed by atoms with Gasteiger partial charge in [0.1, 0.15) is 0 Å². The molecule has 1 saturated carbocycles. The number of ether oxygens (including phenoxy) is 1. The smallest absolute Gasteiger partial charge is 0.0685 e. The molecule has 1 N–H and O–H groups in total. The zero-order chi connectivity index (χ0) is 12.9. The Labute approximate surface area is 114 Å². The minimum absolute atomic E-state index is 0.279. The van der Waals surface area contributed by atoms with Gasteiger partial charge in [-0.05, 0) is 32.4 Å². The summed E-state index contributed by atoms with van der Waals surface area (Å²) in [6, 6.07) is 5.52. The summed E-state index contributed by atoms with van der Waals surface area (Å²) in [6.07, 6.45) is 1.70. The Morgan fingerprint density at radius 3 is 2.89 bits per heavy atom. The van der Waals surface area contributed by atoms with Crippen molar-refractivity contribution in [2.75, 3.05) is 6.61 Å². The third-order valence-corrected chi connectivity index (χ3v) is 5.90. The number of aryl methyl sites for hydroxylation is 1. The lowest BCUT2D eigenvalue weighted by Gasteiger charge is -2.55. The van der Waals surface area contributed by atoms with Gasteiger partial charge >= 0.3 is 0 Å². The summed E-state index contributed by atoms with van der Waals surface area (Å²) in [5, 5.41) is 3.84. The highest BCUT2D eigenvalue weighted by Crippen LogP contribution is 2.52. The normalized spacial score (nSPS) is 35.0. The Morgan fingerprint density at radius 1 is 1.44 bits per heavy atom. The summed E-state index contributed by atoms with van der Waals surface area (Å²) in [4.78, 5) is 2.85. The maximum absolute atomic E-state index is 5.85. The Balaban J connectivity index is 1.69. The predicted octanol–water partition coefficient (Wildman–Crippen LogP) is 3.52. The van der Waals surface area contributed by atoms with E-state index in [0.29, 0.717) is 18.2 Å². The van der Waals surface area contributed by atoms with Gasteiger partial charge in [-0.2, -0.15) is 0 Å². The van der Waals surface area contributed by atoms with E-state index < -0.39 is 0 Å². The molecule has 1 aliphatic heterocycles. The third kappa shape index (κ3) is 1.84. The number of thiophene rings is 1. The van der Waals surface area contributed by atoms with E-state index in [-0.39, 0.29) is 5.41 Å². The molecular weight excluding hydrogens is 242 g/mol. The zero-order valence-corrected chi connectivity index (χ0v) is 12.5. The molecule has 1 aromatic heterocycles. The van der Waals surface area contributed by atoms with Gasteiger partial charge in [-0.1, -0.05) is 13.8 Å². The summed E-state index contributed by atoms with van der Waals surface area (Å²) in [6.45, 7) is 10.1. The van der Waals surface area contributed by atoms with Crippen LogP contribution < -0.4 is 5.32 Å². The van der Waals surface area contributed by atoms with Gasteiger partial charge in [-0.3, -0.25) is 0 Å². The molecule has 0 amide bonds. The number of rotatable bonds is 3. The van der Waals surface area contributed by atoms with Crippen LogP contribution in [-0.2, 0) is 4.74 Å². The number of fused-ring (bicyclic) bond motifs is 1. The van der Waals surface area contributed by atoms with E-state index in [2.05, 4.69) is 45.1 Å². The fourth-order valence-electron chi connectivity index (χ4n) is 3.70. The Hall–Kier alpha value is -0.380. The van der Waals surface area contributed by atoms with Gasteiger partial charge in [0, 0.05) is 39.8 Å². The highest BCUT2D eigenvalue weighted by Gasteiger charge is 2.59. The summed E-state index contributed by atoms with van der Waals surface area (Å²) >= 11 is 1.90. The molecule has 2 aliphatic rings. The van der Waals surface area contributed by atoms with E-state index in [0.717, 1.165) is 12.5 Å². The fraction of sp³-hybridized carbons (Fsp3) is 0.733. The molecule has 0 spiro atoms. The van der Waals surface area contributed by atoms with Crippen molar-refractivity contribution in [3.8, 4) is 0 Å². The van der Waals surface area contributed by atoms with E-state index in [1.165, 1.54) is 16.2 Å². The molecule has 3 rings (SSSR count). The molecule has 1 saturated heterocycles. The first kappa shape index (κ1) is 12.6. The second kappa shape index (κ2) is 4.32. The Bertz CT molecular complexity index is 439. The van der Waals surface area contributed by atoms with Gasteiger partial charge in [-0.25, -0.2) is 0 Å². The van der Waals surface area contributed by atoms with Crippen LogP contribution in [0.4, 0.5) is 0 Å². The largest absolute Gasteiger partial charge is 0.377 e. The van der Waals surface area contributed by atoms with Crippen molar-refractivity contribution in [1.82, 2.24) is 5.32 Å². The van der Waals surface area contributed by atoms with Crippen LogP contribution in [0.15, 0.2) is 12.1 Å². The Kier molecular flexibility index (Phi) is 3.04. The average Bonchev–Trinajstić information content (AvgIpc) is 2.92. The topological polar surface area (TPSA) is 21.3 Å². The van der Waals surface area contributed by atoms with Crippen molar-refractivity contribution in [2.45, 2.75) is 52.3 Å². The van der Waals surface area contributed by atoms with Crippen molar-refractivity contribution in [3.05, 3.63) is 21.9 Å². The lowest BCUT2D eigenvalue weighted by Crippen LogP contribution is -2.66. The molecule has 2 nitrogen and oxygen atoms in total. The molecule has 0 aromatic carbocycles. The van der Waals surface area contributed by atoms with Crippen LogP contribution in [0.25, 0.3) is 0 Å². The molecule has 2 heterocycles. The fourth-order valence-corrected chi connectivity index (χ4v) is 4.59. The molecule has 3 heteroatoms. The summed E-state index contributed by atoms with van der Waals surface area (Å²) in [5.41, 5.74) is 0.279. The highest BCUT2D eigenvalue weighted by atomic mass is 32.1. The molecule has 4 unspecified atom stereocenters.